The first kappa shape index (κ1) is 6.74. The van der Waals surface area contributed by atoms with E-state index in [9.17, 15) is 0 Å². The van der Waals surface area contributed by atoms with E-state index < -0.39 is 0 Å². The summed E-state index contributed by atoms with van der Waals surface area (Å²) < 4.78 is 1.69. The number of aromatic nitrogens is 2. The van der Waals surface area contributed by atoms with Crippen molar-refractivity contribution >= 4 is 12.0 Å². The summed E-state index contributed by atoms with van der Waals surface area (Å²) in [6.45, 7) is 3.51. The maximum atomic E-state index is 4.04. The van der Waals surface area contributed by atoms with Crippen molar-refractivity contribution in [3.8, 4) is 0 Å². The van der Waals surface area contributed by atoms with E-state index in [-0.39, 0.29) is 0 Å². The van der Waals surface area contributed by atoms with Crippen LogP contribution in [0.25, 0.3) is 0 Å². The van der Waals surface area contributed by atoms with Gasteiger partial charge in [-0.1, -0.05) is 12.7 Å². The average Bonchev–Trinajstić information content (AvgIpc) is 2.31. The zero-order valence-corrected chi connectivity index (χ0v) is 5.86. The maximum Gasteiger partial charge on any atom is 0.150 e. The summed E-state index contributed by atoms with van der Waals surface area (Å²) in [5.74, 6) is 0.833. The predicted molar refractivity (Wildman–Crippen MR) is 41.6 cm³/mol. The molecule has 3 nitrogen and oxygen atoms in total. The van der Waals surface area contributed by atoms with Gasteiger partial charge in [-0.3, -0.25) is 4.68 Å². The summed E-state index contributed by atoms with van der Waals surface area (Å²) in [5, 5.41) is 3.94. The summed E-state index contributed by atoms with van der Waals surface area (Å²) in [4.78, 5) is 4.04. The molecule has 1 aromatic heterocycles. The van der Waals surface area contributed by atoms with Crippen molar-refractivity contribution in [3.63, 3.8) is 0 Å². The van der Waals surface area contributed by atoms with Crippen molar-refractivity contribution in [2.45, 2.75) is 0 Å². The van der Waals surface area contributed by atoms with E-state index in [0.29, 0.717) is 0 Å². The second kappa shape index (κ2) is 2.96. The SMILES string of the molecule is C=C/C=N\c1ccnn1C. The summed E-state index contributed by atoms with van der Waals surface area (Å²) in [5.41, 5.74) is 0. The molecule has 0 aliphatic rings. The number of aliphatic imine (C=N–C) groups is 1. The highest BCUT2D eigenvalue weighted by Gasteiger charge is 1.89. The Labute approximate surface area is 59.7 Å². The summed E-state index contributed by atoms with van der Waals surface area (Å²) in [6, 6.07) is 1.83. The van der Waals surface area contributed by atoms with Crippen molar-refractivity contribution in [3.05, 3.63) is 24.9 Å². The third-order valence-corrected chi connectivity index (χ3v) is 1.11. The molecule has 0 aromatic carbocycles. The fourth-order valence-electron chi connectivity index (χ4n) is 0.623. The molecule has 0 saturated heterocycles. The molecule has 1 rings (SSSR count). The van der Waals surface area contributed by atoms with Crippen LogP contribution >= 0.6 is 0 Å². The lowest BCUT2D eigenvalue weighted by Crippen LogP contribution is -1.87. The third-order valence-electron chi connectivity index (χ3n) is 1.11. The molecule has 0 unspecified atom stereocenters. The van der Waals surface area contributed by atoms with Gasteiger partial charge < -0.3 is 0 Å². The minimum absolute atomic E-state index is 0.833. The standard InChI is InChI=1S/C7H9N3/c1-3-5-8-7-4-6-9-10(7)2/h3-6H,1H2,2H3/b8-5-. The molecule has 0 spiro atoms. The summed E-state index contributed by atoms with van der Waals surface area (Å²) in [7, 11) is 1.84. The van der Waals surface area contributed by atoms with Gasteiger partial charge >= 0.3 is 0 Å². The van der Waals surface area contributed by atoms with Gasteiger partial charge in [-0.05, 0) is 0 Å². The molecular weight excluding hydrogens is 126 g/mol. The molecule has 10 heavy (non-hydrogen) atoms. The monoisotopic (exact) mass is 135 g/mol. The molecule has 0 radical (unpaired) electrons. The molecule has 52 valence electrons. The van der Waals surface area contributed by atoms with Crippen LogP contribution in [0.2, 0.25) is 0 Å². The highest BCUT2D eigenvalue weighted by Crippen LogP contribution is 2.06. The fourth-order valence-corrected chi connectivity index (χ4v) is 0.623. The van der Waals surface area contributed by atoms with E-state index in [1.165, 1.54) is 0 Å². The van der Waals surface area contributed by atoms with Gasteiger partial charge in [-0.2, -0.15) is 5.10 Å². The van der Waals surface area contributed by atoms with Crippen LogP contribution in [0.15, 0.2) is 29.9 Å². The van der Waals surface area contributed by atoms with E-state index >= 15 is 0 Å². The molecule has 0 bridgehead atoms. The lowest BCUT2D eigenvalue weighted by molar-refractivity contribution is 0.771. The van der Waals surface area contributed by atoms with Gasteiger partial charge in [0.15, 0.2) is 0 Å². The van der Waals surface area contributed by atoms with Gasteiger partial charge in [0, 0.05) is 19.3 Å². The van der Waals surface area contributed by atoms with Crippen molar-refractivity contribution in [1.29, 1.82) is 0 Å². The lowest BCUT2D eigenvalue weighted by atomic mass is 10.6. The van der Waals surface area contributed by atoms with Crippen LogP contribution in [0.5, 0.6) is 0 Å². The number of hydrogen-bond donors (Lipinski definition) is 0. The van der Waals surface area contributed by atoms with Crippen LogP contribution in [-0.4, -0.2) is 16.0 Å². The largest absolute Gasteiger partial charge is 0.251 e. The topological polar surface area (TPSA) is 30.2 Å². The zero-order valence-electron chi connectivity index (χ0n) is 5.86. The van der Waals surface area contributed by atoms with Crippen molar-refractivity contribution < 1.29 is 0 Å². The first-order chi connectivity index (χ1) is 4.84. The number of rotatable bonds is 2. The van der Waals surface area contributed by atoms with E-state index in [1.807, 2.05) is 13.1 Å². The van der Waals surface area contributed by atoms with Gasteiger partial charge in [0.2, 0.25) is 0 Å². The van der Waals surface area contributed by atoms with Crippen LogP contribution in [0.3, 0.4) is 0 Å². The van der Waals surface area contributed by atoms with Gasteiger partial charge in [0.1, 0.15) is 5.82 Å². The Morgan fingerprint density at radius 2 is 2.60 bits per heavy atom. The van der Waals surface area contributed by atoms with E-state index in [4.69, 9.17) is 0 Å². The van der Waals surface area contributed by atoms with Gasteiger partial charge in [-0.25, -0.2) is 4.99 Å². The van der Waals surface area contributed by atoms with Gasteiger partial charge in [0.05, 0.1) is 6.20 Å². The molecular formula is C7H9N3. The Balaban J connectivity index is 2.83. The second-order valence-corrected chi connectivity index (χ2v) is 1.83. The van der Waals surface area contributed by atoms with Gasteiger partial charge in [-0.15, -0.1) is 0 Å². The molecule has 0 saturated carbocycles. The molecule has 0 fully saturated rings. The van der Waals surface area contributed by atoms with Crippen LogP contribution in [0.4, 0.5) is 5.82 Å². The van der Waals surface area contributed by atoms with Crippen molar-refractivity contribution in [2.75, 3.05) is 0 Å². The summed E-state index contributed by atoms with van der Waals surface area (Å²) >= 11 is 0. The van der Waals surface area contributed by atoms with Crippen LogP contribution in [0, 0.1) is 0 Å². The molecule has 1 heterocycles. The maximum absolute atomic E-state index is 4.04. The minimum atomic E-state index is 0.833. The second-order valence-electron chi connectivity index (χ2n) is 1.83. The van der Waals surface area contributed by atoms with Crippen LogP contribution in [-0.2, 0) is 7.05 Å². The number of hydrogen-bond acceptors (Lipinski definition) is 2. The normalized spacial score (nSPS) is 10.5. The molecule has 0 atom stereocenters. The zero-order chi connectivity index (χ0) is 7.40. The smallest absolute Gasteiger partial charge is 0.150 e. The molecule has 0 amide bonds. The molecule has 0 aliphatic heterocycles. The van der Waals surface area contributed by atoms with Crippen molar-refractivity contribution in [1.82, 2.24) is 9.78 Å². The highest BCUT2D eigenvalue weighted by molar-refractivity contribution is 5.72. The molecule has 3 heteroatoms. The Morgan fingerprint density at radius 1 is 1.80 bits per heavy atom. The minimum Gasteiger partial charge on any atom is -0.251 e. The van der Waals surface area contributed by atoms with Crippen LogP contribution < -0.4 is 0 Å². The van der Waals surface area contributed by atoms with E-state index in [0.717, 1.165) is 5.82 Å². The quantitative estimate of drug-likeness (QED) is 0.562. The Bertz CT molecular complexity index is 247. The lowest BCUT2D eigenvalue weighted by Gasteiger charge is -1.90. The predicted octanol–water partition coefficient (Wildman–Crippen LogP) is 1.31. The molecule has 0 aliphatic carbocycles. The highest BCUT2D eigenvalue weighted by atomic mass is 15.3. The summed E-state index contributed by atoms with van der Waals surface area (Å²) in [6.07, 6.45) is 4.97. The fraction of sp³-hybridized carbons (Fsp3) is 0.143. The van der Waals surface area contributed by atoms with E-state index in [1.54, 1.807) is 23.2 Å². The van der Waals surface area contributed by atoms with Crippen LogP contribution in [0.1, 0.15) is 0 Å². The number of allylic oxidation sites excluding steroid dienone is 1. The van der Waals surface area contributed by atoms with Gasteiger partial charge in [0.25, 0.3) is 0 Å². The first-order valence-electron chi connectivity index (χ1n) is 2.97. The Hall–Kier alpha value is -1.38. The third kappa shape index (κ3) is 1.31. The average molecular weight is 135 g/mol. The molecule has 0 N–H and O–H groups in total. The number of nitrogens with zero attached hydrogens (tertiary/aromatic N) is 3. The Morgan fingerprint density at radius 3 is 3.10 bits per heavy atom. The van der Waals surface area contributed by atoms with E-state index in [2.05, 4.69) is 16.7 Å². The number of aryl methyl sites for hydroxylation is 1. The first-order valence-corrected chi connectivity index (χ1v) is 2.97. The van der Waals surface area contributed by atoms with Crippen molar-refractivity contribution in [2.24, 2.45) is 12.0 Å². The Kier molecular flexibility index (Phi) is 1.99. The molecule has 1 aromatic rings.